The minimum Gasteiger partial charge on any atom is -0.198 e. The number of nitrogens with zero attached hydrogens (tertiary/aromatic N) is 1. The Labute approximate surface area is 79.0 Å². The number of hydrogen-bond acceptors (Lipinski definition) is 1. The summed E-state index contributed by atoms with van der Waals surface area (Å²) in [6, 6.07) is 10.9. The first-order valence-electron chi connectivity index (χ1n) is 4.86. The van der Waals surface area contributed by atoms with Crippen molar-refractivity contribution in [2.45, 2.75) is 25.7 Å². The predicted octanol–water partition coefficient (Wildman–Crippen LogP) is 2.71. The SMILES string of the molecule is N#CC1CCc2ccccc2CC1. The zero-order valence-corrected chi connectivity index (χ0v) is 7.66. The summed E-state index contributed by atoms with van der Waals surface area (Å²) in [5.41, 5.74) is 2.89. The van der Waals surface area contributed by atoms with Crippen LogP contribution in [0.25, 0.3) is 0 Å². The summed E-state index contributed by atoms with van der Waals surface area (Å²) in [7, 11) is 0. The molecule has 1 aromatic carbocycles. The van der Waals surface area contributed by atoms with Crippen molar-refractivity contribution < 1.29 is 0 Å². The lowest BCUT2D eigenvalue weighted by Gasteiger charge is -2.02. The number of nitriles is 1. The van der Waals surface area contributed by atoms with Gasteiger partial charge in [0, 0.05) is 5.92 Å². The lowest BCUT2D eigenvalue weighted by Crippen LogP contribution is -1.95. The van der Waals surface area contributed by atoms with Crippen LogP contribution in [-0.4, -0.2) is 0 Å². The van der Waals surface area contributed by atoms with Crippen molar-refractivity contribution in [1.82, 2.24) is 0 Å². The van der Waals surface area contributed by atoms with Crippen LogP contribution in [0.15, 0.2) is 24.3 Å². The third-order valence-electron chi connectivity index (χ3n) is 2.83. The molecule has 0 N–H and O–H groups in total. The van der Waals surface area contributed by atoms with Gasteiger partial charge >= 0.3 is 0 Å². The average Bonchev–Trinajstić information content (AvgIpc) is 2.39. The highest BCUT2D eigenvalue weighted by Gasteiger charge is 2.14. The summed E-state index contributed by atoms with van der Waals surface area (Å²) in [6.45, 7) is 0. The molecule has 0 atom stereocenters. The van der Waals surface area contributed by atoms with Gasteiger partial charge in [-0.1, -0.05) is 24.3 Å². The van der Waals surface area contributed by atoms with E-state index in [0.717, 1.165) is 25.7 Å². The van der Waals surface area contributed by atoms with Gasteiger partial charge in [-0.05, 0) is 36.8 Å². The number of benzene rings is 1. The highest BCUT2D eigenvalue weighted by molar-refractivity contribution is 5.28. The second-order valence-corrected chi connectivity index (χ2v) is 3.67. The molecule has 1 aliphatic rings. The summed E-state index contributed by atoms with van der Waals surface area (Å²) < 4.78 is 0. The van der Waals surface area contributed by atoms with E-state index < -0.39 is 0 Å². The number of aryl methyl sites for hydroxylation is 2. The first-order chi connectivity index (χ1) is 6.40. The van der Waals surface area contributed by atoms with E-state index in [-0.39, 0.29) is 5.92 Å². The first-order valence-corrected chi connectivity index (χ1v) is 4.86. The number of rotatable bonds is 0. The Balaban J connectivity index is 2.22. The summed E-state index contributed by atoms with van der Waals surface area (Å²) in [5, 5.41) is 8.85. The fraction of sp³-hybridized carbons (Fsp3) is 0.417. The third kappa shape index (κ3) is 1.72. The molecule has 1 aliphatic carbocycles. The number of fused-ring (bicyclic) bond motifs is 1. The van der Waals surface area contributed by atoms with Crippen LogP contribution in [0.4, 0.5) is 0 Å². The molecule has 0 unspecified atom stereocenters. The molecule has 0 amide bonds. The van der Waals surface area contributed by atoms with Crippen LogP contribution < -0.4 is 0 Å². The quantitative estimate of drug-likeness (QED) is 0.550. The standard InChI is InChI=1S/C12H13N/c13-9-10-5-7-11-3-1-2-4-12(11)8-6-10/h1-4,10H,5-8H2. The van der Waals surface area contributed by atoms with Gasteiger partial charge in [-0.25, -0.2) is 0 Å². The zero-order chi connectivity index (χ0) is 9.10. The lowest BCUT2D eigenvalue weighted by atomic mass is 10.0. The molecule has 0 saturated carbocycles. The summed E-state index contributed by atoms with van der Waals surface area (Å²) in [6.07, 6.45) is 4.23. The van der Waals surface area contributed by atoms with E-state index in [9.17, 15) is 0 Å². The minimum absolute atomic E-state index is 0.271. The maximum absolute atomic E-state index is 8.85. The van der Waals surface area contributed by atoms with Gasteiger partial charge in [-0.2, -0.15) is 5.26 Å². The molecule has 66 valence electrons. The Hall–Kier alpha value is -1.29. The van der Waals surface area contributed by atoms with Gasteiger partial charge < -0.3 is 0 Å². The summed E-state index contributed by atoms with van der Waals surface area (Å²) in [4.78, 5) is 0. The third-order valence-corrected chi connectivity index (χ3v) is 2.83. The molecule has 0 radical (unpaired) electrons. The van der Waals surface area contributed by atoms with Gasteiger partial charge in [-0.15, -0.1) is 0 Å². The van der Waals surface area contributed by atoms with Crippen molar-refractivity contribution in [3.8, 4) is 6.07 Å². The zero-order valence-electron chi connectivity index (χ0n) is 7.66. The Kier molecular flexibility index (Phi) is 2.31. The molecule has 13 heavy (non-hydrogen) atoms. The molecule has 0 fully saturated rings. The topological polar surface area (TPSA) is 23.8 Å². The molecule has 0 aromatic heterocycles. The summed E-state index contributed by atoms with van der Waals surface area (Å²) in [5.74, 6) is 0.271. The van der Waals surface area contributed by atoms with E-state index >= 15 is 0 Å². The molecule has 0 spiro atoms. The maximum Gasteiger partial charge on any atom is 0.0656 e. The molecule has 1 heteroatoms. The fourth-order valence-corrected chi connectivity index (χ4v) is 1.98. The Bertz CT molecular complexity index is 308. The van der Waals surface area contributed by atoms with Gasteiger partial charge in [0.05, 0.1) is 6.07 Å². The molecule has 0 saturated heterocycles. The fourth-order valence-electron chi connectivity index (χ4n) is 1.98. The molecule has 0 bridgehead atoms. The van der Waals surface area contributed by atoms with E-state index in [2.05, 4.69) is 30.3 Å². The van der Waals surface area contributed by atoms with Crippen molar-refractivity contribution >= 4 is 0 Å². The highest BCUT2D eigenvalue weighted by Crippen LogP contribution is 2.23. The molecular formula is C12H13N. The molecule has 2 rings (SSSR count). The van der Waals surface area contributed by atoms with E-state index in [1.165, 1.54) is 11.1 Å². The summed E-state index contributed by atoms with van der Waals surface area (Å²) >= 11 is 0. The maximum atomic E-state index is 8.85. The van der Waals surface area contributed by atoms with E-state index in [1.54, 1.807) is 0 Å². The van der Waals surface area contributed by atoms with Crippen LogP contribution in [0.2, 0.25) is 0 Å². The van der Waals surface area contributed by atoms with E-state index in [1.807, 2.05) is 0 Å². The lowest BCUT2D eigenvalue weighted by molar-refractivity contribution is 0.578. The van der Waals surface area contributed by atoms with Crippen molar-refractivity contribution in [2.24, 2.45) is 5.92 Å². The van der Waals surface area contributed by atoms with Crippen LogP contribution in [0.3, 0.4) is 0 Å². The second-order valence-electron chi connectivity index (χ2n) is 3.67. The Morgan fingerprint density at radius 3 is 2.08 bits per heavy atom. The van der Waals surface area contributed by atoms with Gasteiger partial charge in [0.25, 0.3) is 0 Å². The largest absolute Gasteiger partial charge is 0.198 e. The predicted molar refractivity (Wildman–Crippen MR) is 52.2 cm³/mol. The average molecular weight is 171 g/mol. The van der Waals surface area contributed by atoms with Gasteiger partial charge in [0.1, 0.15) is 0 Å². The molecular weight excluding hydrogens is 158 g/mol. The molecule has 1 aromatic rings. The molecule has 1 nitrogen and oxygen atoms in total. The second kappa shape index (κ2) is 3.62. The monoisotopic (exact) mass is 171 g/mol. The molecule has 0 heterocycles. The molecule has 0 aliphatic heterocycles. The number of hydrogen-bond donors (Lipinski definition) is 0. The van der Waals surface area contributed by atoms with Crippen LogP contribution in [0.5, 0.6) is 0 Å². The van der Waals surface area contributed by atoms with E-state index in [0.29, 0.717) is 0 Å². The first kappa shape index (κ1) is 8.31. The van der Waals surface area contributed by atoms with Crippen LogP contribution >= 0.6 is 0 Å². The van der Waals surface area contributed by atoms with Gasteiger partial charge in [0.15, 0.2) is 0 Å². The van der Waals surface area contributed by atoms with Crippen LogP contribution in [-0.2, 0) is 12.8 Å². The van der Waals surface area contributed by atoms with Crippen LogP contribution in [0.1, 0.15) is 24.0 Å². The highest BCUT2D eigenvalue weighted by atomic mass is 14.3. The van der Waals surface area contributed by atoms with Gasteiger partial charge in [0.2, 0.25) is 0 Å². The Morgan fingerprint density at radius 1 is 1.08 bits per heavy atom. The smallest absolute Gasteiger partial charge is 0.0656 e. The van der Waals surface area contributed by atoms with Crippen molar-refractivity contribution in [3.63, 3.8) is 0 Å². The van der Waals surface area contributed by atoms with Gasteiger partial charge in [-0.3, -0.25) is 0 Å². The van der Waals surface area contributed by atoms with Crippen LogP contribution in [0, 0.1) is 17.2 Å². The Morgan fingerprint density at radius 2 is 1.62 bits per heavy atom. The van der Waals surface area contributed by atoms with Crippen molar-refractivity contribution in [3.05, 3.63) is 35.4 Å². The van der Waals surface area contributed by atoms with E-state index in [4.69, 9.17) is 5.26 Å². The van der Waals surface area contributed by atoms with Crippen molar-refractivity contribution in [1.29, 1.82) is 5.26 Å². The van der Waals surface area contributed by atoms with Crippen molar-refractivity contribution in [2.75, 3.05) is 0 Å². The minimum atomic E-state index is 0.271. The normalized spacial score (nSPS) is 17.2.